The Balaban J connectivity index is 1.65. The number of halogens is 1. The molecule has 0 fully saturated rings. The molecule has 0 atom stereocenters. The summed E-state index contributed by atoms with van der Waals surface area (Å²) >= 11 is 3.41. The summed E-state index contributed by atoms with van der Waals surface area (Å²) in [6, 6.07) is 18.7. The van der Waals surface area contributed by atoms with Crippen LogP contribution in [-0.4, -0.2) is 25.6 Å². The van der Waals surface area contributed by atoms with E-state index in [-0.39, 0.29) is 11.8 Å². The number of nitrogens with one attached hydrogen (secondary N) is 1. The number of aromatic hydroxyl groups is 1. The van der Waals surface area contributed by atoms with Gasteiger partial charge in [0.1, 0.15) is 5.56 Å². The van der Waals surface area contributed by atoms with E-state index in [9.17, 15) is 9.90 Å². The van der Waals surface area contributed by atoms with Crippen LogP contribution in [0.1, 0.15) is 15.9 Å². The smallest absolute Gasteiger partial charge is 0.257 e. The van der Waals surface area contributed by atoms with Crippen LogP contribution in [0.15, 0.2) is 71.3 Å². The molecular formula is C20H15BrN4O2. The van der Waals surface area contributed by atoms with E-state index in [1.54, 1.807) is 0 Å². The predicted molar refractivity (Wildman–Crippen MR) is 105 cm³/mol. The van der Waals surface area contributed by atoms with Crippen molar-refractivity contribution in [2.24, 2.45) is 0 Å². The number of hydrogen-bond donors (Lipinski definition) is 2. The van der Waals surface area contributed by atoms with Crippen LogP contribution >= 0.6 is 15.9 Å². The third-order valence-corrected chi connectivity index (χ3v) is 4.60. The summed E-state index contributed by atoms with van der Waals surface area (Å²) in [5, 5.41) is 17.2. The van der Waals surface area contributed by atoms with Crippen molar-refractivity contribution < 1.29 is 9.90 Å². The van der Waals surface area contributed by atoms with E-state index in [1.165, 1.54) is 16.8 Å². The molecule has 0 bridgehead atoms. The first-order valence-corrected chi connectivity index (χ1v) is 9.07. The quantitative estimate of drug-likeness (QED) is 0.524. The summed E-state index contributed by atoms with van der Waals surface area (Å²) in [5.74, 6) is -0.382. The van der Waals surface area contributed by atoms with Gasteiger partial charge >= 0.3 is 0 Å². The summed E-state index contributed by atoms with van der Waals surface area (Å²) in [4.78, 5) is 17.2. The van der Waals surface area contributed by atoms with Crippen molar-refractivity contribution in [2.75, 3.05) is 0 Å². The van der Waals surface area contributed by atoms with Gasteiger partial charge in [-0.3, -0.25) is 4.79 Å². The first-order valence-electron chi connectivity index (χ1n) is 8.27. The standard InChI is InChI=1S/C20H15BrN4O2/c21-15-8-4-5-13(9-15)11-22-20(27)16-12-23-25-18(26)10-17(24-19(16)25)14-6-2-1-3-7-14/h1-10,12,26H,11H2,(H,22,27). The van der Waals surface area contributed by atoms with E-state index >= 15 is 0 Å². The van der Waals surface area contributed by atoms with Gasteiger partial charge in [0.2, 0.25) is 5.88 Å². The Kier molecular flexibility index (Phi) is 4.60. The van der Waals surface area contributed by atoms with Gasteiger partial charge in [0.15, 0.2) is 5.65 Å². The Hall–Kier alpha value is -3.19. The van der Waals surface area contributed by atoms with E-state index in [1.807, 2.05) is 54.6 Å². The number of amides is 1. The third kappa shape index (κ3) is 3.54. The number of hydrogen-bond acceptors (Lipinski definition) is 4. The molecule has 27 heavy (non-hydrogen) atoms. The van der Waals surface area contributed by atoms with E-state index in [4.69, 9.17) is 0 Å². The first-order chi connectivity index (χ1) is 13.1. The van der Waals surface area contributed by atoms with Crippen molar-refractivity contribution in [3.63, 3.8) is 0 Å². The maximum Gasteiger partial charge on any atom is 0.257 e. The van der Waals surface area contributed by atoms with Crippen molar-refractivity contribution in [3.05, 3.63) is 82.5 Å². The van der Waals surface area contributed by atoms with Crippen molar-refractivity contribution in [2.45, 2.75) is 6.54 Å². The number of nitrogens with zero attached hydrogens (tertiary/aromatic N) is 3. The fourth-order valence-corrected chi connectivity index (χ4v) is 3.24. The average molecular weight is 423 g/mol. The van der Waals surface area contributed by atoms with Crippen LogP contribution in [0, 0.1) is 0 Å². The third-order valence-electron chi connectivity index (χ3n) is 4.11. The fourth-order valence-electron chi connectivity index (χ4n) is 2.79. The normalized spacial score (nSPS) is 10.9. The average Bonchev–Trinajstić information content (AvgIpc) is 3.11. The minimum absolute atomic E-state index is 0.0788. The second-order valence-electron chi connectivity index (χ2n) is 5.97. The number of benzene rings is 2. The summed E-state index contributed by atoms with van der Waals surface area (Å²) in [6.07, 6.45) is 1.41. The van der Waals surface area contributed by atoms with Gasteiger partial charge in [-0.25, -0.2) is 4.98 Å². The Labute approximate surface area is 163 Å². The molecule has 2 aromatic carbocycles. The lowest BCUT2D eigenvalue weighted by Gasteiger charge is -2.06. The number of carbonyl (C=O) groups excluding carboxylic acids is 1. The lowest BCUT2D eigenvalue weighted by molar-refractivity contribution is 0.0952. The van der Waals surface area contributed by atoms with Gasteiger partial charge < -0.3 is 10.4 Å². The molecule has 4 aromatic rings. The molecule has 0 aliphatic heterocycles. The molecule has 0 radical (unpaired) electrons. The highest BCUT2D eigenvalue weighted by Crippen LogP contribution is 2.24. The van der Waals surface area contributed by atoms with E-state index in [2.05, 4.69) is 31.3 Å². The minimum Gasteiger partial charge on any atom is -0.493 e. The molecule has 0 aliphatic rings. The number of fused-ring (bicyclic) bond motifs is 1. The molecule has 0 aliphatic carbocycles. The van der Waals surface area contributed by atoms with Crippen LogP contribution in [-0.2, 0) is 6.54 Å². The van der Waals surface area contributed by atoms with Crippen LogP contribution in [0.2, 0.25) is 0 Å². The zero-order valence-corrected chi connectivity index (χ0v) is 15.7. The monoisotopic (exact) mass is 422 g/mol. The molecule has 2 N–H and O–H groups in total. The molecule has 2 heterocycles. The zero-order valence-electron chi connectivity index (χ0n) is 14.1. The predicted octanol–water partition coefficient (Wildman–Crippen LogP) is 3.79. The molecule has 134 valence electrons. The second kappa shape index (κ2) is 7.20. The van der Waals surface area contributed by atoms with Crippen LogP contribution in [0.4, 0.5) is 0 Å². The molecule has 0 spiro atoms. The molecular weight excluding hydrogens is 408 g/mol. The van der Waals surface area contributed by atoms with Crippen LogP contribution in [0.25, 0.3) is 16.9 Å². The summed E-state index contributed by atoms with van der Waals surface area (Å²) in [6.45, 7) is 0.375. The molecule has 0 saturated heterocycles. The van der Waals surface area contributed by atoms with Crippen LogP contribution < -0.4 is 5.32 Å². The Morgan fingerprint density at radius 2 is 1.93 bits per heavy atom. The van der Waals surface area contributed by atoms with Crippen LogP contribution in [0.5, 0.6) is 5.88 Å². The maximum absolute atomic E-state index is 12.6. The highest BCUT2D eigenvalue weighted by atomic mass is 79.9. The van der Waals surface area contributed by atoms with Gasteiger partial charge in [-0.15, -0.1) is 0 Å². The minimum atomic E-state index is -0.304. The van der Waals surface area contributed by atoms with E-state index < -0.39 is 0 Å². The number of aromatic nitrogens is 3. The Bertz CT molecular complexity index is 1130. The van der Waals surface area contributed by atoms with Crippen molar-refractivity contribution in [1.82, 2.24) is 19.9 Å². The van der Waals surface area contributed by atoms with Gasteiger partial charge in [-0.2, -0.15) is 9.61 Å². The van der Waals surface area contributed by atoms with Gasteiger partial charge in [-0.1, -0.05) is 58.4 Å². The second-order valence-corrected chi connectivity index (χ2v) is 6.89. The highest BCUT2D eigenvalue weighted by Gasteiger charge is 2.17. The molecule has 0 unspecified atom stereocenters. The molecule has 2 aromatic heterocycles. The van der Waals surface area contributed by atoms with Crippen LogP contribution in [0.3, 0.4) is 0 Å². The molecule has 1 amide bonds. The first kappa shape index (κ1) is 17.2. The summed E-state index contributed by atoms with van der Waals surface area (Å²) in [7, 11) is 0. The van der Waals surface area contributed by atoms with Gasteiger partial charge in [-0.05, 0) is 17.7 Å². The van der Waals surface area contributed by atoms with E-state index in [0.717, 1.165) is 15.6 Å². The molecule has 4 rings (SSSR count). The SMILES string of the molecule is O=C(NCc1cccc(Br)c1)c1cnn2c(O)cc(-c3ccccc3)nc12. The topological polar surface area (TPSA) is 79.5 Å². The number of carbonyl (C=O) groups is 1. The van der Waals surface area contributed by atoms with Crippen molar-refractivity contribution >= 4 is 27.5 Å². The maximum atomic E-state index is 12.6. The number of rotatable bonds is 4. The van der Waals surface area contributed by atoms with Gasteiger partial charge in [0.05, 0.1) is 11.9 Å². The summed E-state index contributed by atoms with van der Waals surface area (Å²) < 4.78 is 2.20. The molecule has 0 saturated carbocycles. The summed E-state index contributed by atoms with van der Waals surface area (Å²) in [5.41, 5.74) is 2.99. The molecule has 7 heteroatoms. The fraction of sp³-hybridized carbons (Fsp3) is 0.0500. The van der Waals surface area contributed by atoms with E-state index in [0.29, 0.717) is 23.4 Å². The van der Waals surface area contributed by atoms with Crippen molar-refractivity contribution in [1.29, 1.82) is 0 Å². The van der Waals surface area contributed by atoms with Crippen molar-refractivity contribution in [3.8, 4) is 17.1 Å². The Morgan fingerprint density at radius 3 is 2.70 bits per heavy atom. The molecule has 6 nitrogen and oxygen atoms in total. The lowest BCUT2D eigenvalue weighted by Crippen LogP contribution is -2.22. The highest BCUT2D eigenvalue weighted by molar-refractivity contribution is 9.10. The largest absolute Gasteiger partial charge is 0.493 e. The lowest BCUT2D eigenvalue weighted by atomic mass is 10.1. The zero-order chi connectivity index (χ0) is 18.8. The van der Waals surface area contributed by atoms with Gasteiger partial charge in [0, 0.05) is 22.6 Å². The Morgan fingerprint density at radius 1 is 1.11 bits per heavy atom. The van der Waals surface area contributed by atoms with Gasteiger partial charge in [0.25, 0.3) is 5.91 Å².